The van der Waals surface area contributed by atoms with Crippen LogP contribution < -0.4 is 0 Å². The van der Waals surface area contributed by atoms with Crippen molar-refractivity contribution >= 4 is 14.4 Å². The number of halogens is 3. The van der Waals surface area contributed by atoms with Crippen molar-refractivity contribution in [3.05, 3.63) is 71.8 Å². The largest absolute Gasteiger partial charge is 0.444 e. The van der Waals surface area contributed by atoms with Crippen molar-refractivity contribution in [2.75, 3.05) is 0 Å². The van der Waals surface area contributed by atoms with Crippen LogP contribution in [0.25, 0.3) is 0 Å². The fourth-order valence-corrected chi connectivity index (χ4v) is 5.40. The molecule has 3 atom stereocenters. The number of carbonyl (C=O) groups excluding carboxylic acids is 1. The molecule has 1 amide bonds. The van der Waals surface area contributed by atoms with Gasteiger partial charge in [-0.2, -0.15) is 13.2 Å². The minimum Gasteiger partial charge on any atom is -0.444 e. The van der Waals surface area contributed by atoms with Crippen molar-refractivity contribution in [3.8, 4) is 0 Å². The van der Waals surface area contributed by atoms with Gasteiger partial charge in [0, 0.05) is 5.41 Å². The van der Waals surface area contributed by atoms with Crippen molar-refractivity contribution in [2.24, 2.45) is 5.41 Å². The zero-order valence-electron chi connectivity index (χ0n) is 21.1. The maximum atomic E-state index is 14.9. The second-order valence-corrected chi connectivity index (χ2v) is 15.3. The lowest BCUT2D eigenvalue weighted by molar-refractivity contribution is -0.357. The molecule has 1 fully saturated rings. The molecule has 2 aromatic carbocycles. The van der Waals surface area contributed by atoms with E-state index < -0.39 is 44.1 Å². The molecule has 5 nitrogen and oxygen atoms in total. The molecule has 0 bridgehead atoms. The van der Waals surface area contributed by atoms with Crippen LogP contribution in [0, 0.1) is 5.41 Å². The van der Waals surface area contributed by atoms with E-state index in [0.29, 0.717) is 5.56 Å². The highest BCUT2D eigenvalue weighted by molar-refractivity contribution is 6.69. The fraction of sp³-hybridized carbons (Fsp3) is 0.500. The highest BCUT2D eigenvalue weighted by atomic mass is 28.4. The molecule has 0 spiro atoms. The fourth-order valence-electron chi connectivity index (χ4n) is 4.19. The summed E-state index contributed by atoms with van der Waals surface area (Å²) >= 11 is 0. The Morgan fingerprint density at radius 3 is 1.94 bits per heavy atom. The summed E-state index contributed by atoms with van der Waals surface area (Å²) in [5, 5.41) is 0. The summed E-state index contributed by atoms with van der Waals surface area (Å²) in [5.74, 6) is -2.99. The van der Waals surface area contributed by atoms with Gasteiger partial charge in [-0.25, -0.2) is 4.79 Å². The van der Waals surface area contributed by atoms with Crippen LogP contribution in [0.1, 0.15) is 31.9 Å². The molecule has 0 aromatic heterocycles. The van der Waals surface area contributed by atoms with Gasteiger partial charge in [0.15, 0.2) is 8.32 Å². The van der Waals surface area contributed by atoms with Crippen molar-refractivity contribution in [1.82, 2.24) is 4.90 Å². The molecule has 1 heterocycles. The van der Waals surface area contributed by atoms with Crippen molar-refractivity contribution < 1.29 is 31.9 Å². The van der Waals surface area contributed by atoms with Crippen LogP contribution >= 0.6 is 0 Å². The third-order valence-electron chi connectivity index (χ3n) is 5.60. The smallest absolute Gasteiger partial charge is 0.444 e. The molecule has 3 rings (SSSR count). The van der Waals surface area contributed by atoms with Gasteiger partial charge in [-0.3, -0.25) is 4.90 Å². The summed E-state index contributed by atoms with van der Waals surface area (Å²) in [4.78, 5) is 14.6. The lowest BCUT2D eigenvalue weighted by Crippen LogP contribution is -2.62. The van der Waals surface area contributed by atoms with E-state index in [2.05, 4.69) is 0 Å². The number of amides is 1. The van der Waals surface area contributed by atoms with Crippen LogP contribution in [0.3, 0.4) is 0 Å². The molecule has 1 aliphatic heterocycles. The van der Waals surface area contributed by atoms with Crippen LogP contribution in [0.15, 0.2) is 60.7 Å². The number of hydrogen-bond acceptors (Lipinski definition) is 4. The van der Waals surface area contributed by atoms with E-state index in [0.717, 1.165) is 10.5 Å². The molecule has 0 radical (unpaired) electrons. The van der Waals surface area contributed by atoms with Crippen LogP contribution in [-0.4, -0.2) is 43.5 Å². The molecule has 1 saturated heterocycles. The quantitative estimate of drug-likeness (QED) is 0.404. The predicted molar refractivity (Wildman–Crippen MR) is 130 cm³/mol. The monoisotopic (exact) mass is 509 g/mol. The second-order valence-electron chi connectivity index (χ2n) is 10.9. The van der Waals surface area contributed by atoms with Gasteiger partial charge >= 0.3 is 12.3 Å². The summed E-state index contributed by atoms with van der Waals surface area (Å²) in [6, 6.07) is 16.3. The number of alkyl halides is 3. The van der Waals surface area contributed by atoms with Crippen molar-refractivity contribution in [3.63, 3.8) is 0 Å². The lowest BCUT2D eigenvalue weighted by atomic mass is 9.92. The van der Waals surface area contributed by atoms with Gasteiger partial charge < -0.3 is 13.9 Å². The van der Waals surface area contributed by atoms with E-state index in [1.165, 1.54) is 0 Å². The van der Waals surface area contributed by atoms with Crippen LogP contribution in [0.5, 0.6) is 0 Å². The van der Waals surface area contributed by atoms with Crippen LogP contribution in [-0.2, 0) is 26.9 Å². The number of nitrogens with zero attached hydrogens (tertiary/aromatic N) is 1. The Morgan fingerprint density at radius 2 is 1.49 bits per heavy atom. The average molecular weight is 510 g/mol. The van der Waals surface area contributed by atoms with Gasteiger partial charge in [0.25, 0.3) is 5.79 Å². The summed E-state index contributed by atoms with van der Waals surface area (Å²) in [7, 11) is -2.81. The van der Waals surface area contributed by atoms with Gasteiger partial charge in [-0.15, -0.1) is 0 Å². The minimum atomic E-state index is -4.90. The maximum Gasteiger partial charge on any atom is 0.444 e. The predicted octanol–water partition coefficient (Wildman–Crippen LogP) is 6.75. The Kier molecular flexibility index (Phi) is 7.74. The third kappa shape index (κ3) is 6.26. The van der Waals surface area contributed by atoms with E-state index in [1.54, 1.807) is 95.0 Å². The summed E-state index contributed by atoms with van der Waals surface area (Å²) < 4.78 is 62.0. The first-order chi connectivity index (χ1) is 16.1. The molecule has 0 saturated carbocycles. The topological polar surface area (TPSA) is 48.0 Å². The normalized spacial score (nSPS) is 23.4. The van der Waals surface area contributed by atoms with Crippen molar-refractivity contribution in [1.29, 1.82) is 0 Å². The van der Waals surface area contributed by atoms with E-state index in [1.807, 2.05) is 6.07 Å². The summed E-state index contributed by atoms with van der Waals surface area (Å²) in [6.07, 6.45) is -7.11. The van der Waals surface area contributed by atoms with E-state index in [-0.39, 0.29) is 13.0 Å². The molecule has 0 unspecified atom stereocenters. The molecule has 1 aliphatic rings. The van der Waals surface area contributed by atoms with Crippen LogP contribution in [0.2, 0.25) is 19.6 Å². The Hall–Kier alpha value is -2.36. The highest BCUT2D eigenvalue weighted by Crippen LogP contribution is 2.51. The van der Waals surface area contributed by atoms with E-state index in [4.69, 9.17) is 13.9 Å². The Balaban J connectivity index is 2.10. The Bertz CT molecular complexity index is 990. The van der Waals surface area contributed by atoms with Gasteiger partial charge in [0.1, 0.15) is 18.9 Å². The minimum absolute atomic E-state index is 0.0704. The average Bonchev–Trinajstić information content (AvgIpc) is 3.07. The van der Waals surface area contributed by atoms with Gasteiger partial charge in [-0.1, -0.05) is 81.4 Å². The number of hydrogen-bond donors (Lipinski definition) is 0. The molecule has 0 N–H and O–H groups in total. The Labute approximate surface area is 206 Å². The molecule has 2 aromatic rings. The van der Waals surface area contributed by atoms with Crippen molar-refractivity contribution in [2.45, 2.75) is 77.7 Å². The number of carbonyl (C=O) groups is 1. The third-order valence-corrected chi connectivity index (χ3v) is 6.51. The zero-order valence-corrected chi connectivity index (χ0v) is 22.1. The van der Waals surface area contributed by atoms with Gasteiger partial charge in [0.05, 0.1) is 0 Å². The molecule has 0 aliphatic carbocycles. The molecule has 192 valence electrons. The first-order valence-electron chi connectivity index (χ1n) is 11.6. The number of rotatable bonds is 6. The number of benzene rings is 2. The number of ether oxygens (including phenoxy) is 2. The van der Waals surface area contributed by atoms with E-state index in [9.17, 15) is 18.0 Å². The molecule has 35 heavy (non-hydrogen) atoms. The maximum absolute atomic E-state index is 14.9. The van der Waals surface area contributed by atoms with E-state index >= 15 is 0 Å². The first kappa shape index (κ1) is 27.2. The molecular weight excluding hydrogens is 475 g/mol. The second kappa shape index (κ2) is 9.95. The van der Waals surface area contributed by atoms with Gasteiger partial charge in [0.2, 0.25) is 0 Å². The standard InChI is InChI=1S/C26H34F3NO4Si/c1-24(2,3)22-30(23(31)32-18-20-15-11-8-12-16-20)21(17-19-13-9-7-10-14-19)25(33-22,26(27,28)29)34-35(4,5)6/h7-16,21-22H,17-18H2,1-6H3/t21-,22-,25+/m0/s1. The SMILES string of the molecule is CC(C)(C)[C@@H]1O[C@](O[Si](C)(C)C)(C(F)(F)F)[C@H](Cc2ccccc2)N1C(=O)OCc1ccccc1. The Morgan fingerprint density at radius 1 is 0.971 bits per heavy atom. The molecule has 9 heteroatoms. The summed E-state index contributed by atoms with van der Waals surface area (Å²) in [6.45, 7) is 10.1. The highest BCUT2D eigenvalue weighted by Gasteiger charge is 2.72. The lowest BCUT2D eigenvalue weighted by Gasteiger charge is -2.40. The summed E-state index contributed by atoms with van der Waals surface area (Å²) in [5.41, 5.74) is 0.508. The zero-order chi connectivity index (χ0) is 26.1. The van der Waals surface area contributed by atoms with Gasteiger partial charge in [-0.05, 0) is 37.2 Å². The molecular formula is C26H34F3NO4Si. The van der Waals surface area contributed by atoms with Crippen LogP contribution in [0.4, 0.5) is 18.0 Å². The first-order valence-corrected chi connectivity index (χ1v) is 15.0.